The summed E-state index contributed by atoms with van der Waals surface area (Å²) in [6.45, 7) is 9.00. The Hall–Kier alpha value is -1.10. The fourth-order valence-corrected chi connectivity index (χ4v) is 2.48. The maximum absolute atomic E-state index is 5.53. The van der Waals surface area contributed by atoms with Crippen molar-refractivity contribution in [3.63, 3.8) is 0 Å². The van der Waals surface area contributed by atoms with Crippen molar-refractivity contribution in [1.29, 1.82) is 0 Å². The Morgan fingerprint density at radius 3 is 2.57 bits per heavy atom. The molecule has 0 aliphatic carbocycles. The minimum atomic E-state index is 0.245. The highest BCUT2D eigenvalue weighted by atomic mass is 16.5. The van der Waals surface area contributed by atoms with E-state index in [-0.39, 0.29) is 6.04 Å². The molecule has 0 aliphatic rings. The molecule has 0 fully saturated rings. The van der Waals surface area contributed by atoms with Gasteiger partial charge in [0.05, 0.1) is 13.7 Å². The van der Waals surface area contributed by atoms with E-state index < -0.39 is 0 Å². The van der Waals surface area contributed by atoms with E-state index >= 15 is 0 Å². The van der Waals surface area contributed by atoms with Crippen molar-refractivity contribution < 1.29 is 9.47 Å². The lowest BCUT2D eigenvalue weighted by molar-refractivity contribution is 0.109. The van der Waals surface area contributed by atoms with Gasteiger partial charge in [0.2, 0.25) is 0 Å². The van der Waals surface area contributed by atoms with Crippen molar-refractivity contribution in [1.82, 2.24) is 10.2 Å². The van der Waals surface area contributed by atoms with Crippen LogP contribution in [0.2, 0.25) is 0 Å². The topological polar surface area (TPSA) is 33.7 Å². The molecular formula is C17H30N2O2. The first-order valence-corrected chi connectivity index (χ1v) is 7.60. The van der Waals surface area contributed by atoms with Gasteiger partial charge in [-0.05, 0) is 33.5 Å². The summed E-state index contributed by atoms with van der Waals surface area (Å²) in [4.78, 5) is 2.32. The van der Waals surface area contributed by atoms with Crippen molar-refractivity contribution >= 4 is 0 Å². The molecule has 0 aromatic heterocycles. The molecule has 21 heavy (non-hydrogen) atoms. The van der Waals surface area contributed by atoms with Crippen LogP contribution in [0.5, 0.6) is 5.75 Å². The minimum Gasteiger partial charge on any atom is -0.496 e. The number of aryl methyl sites for hydroxylation is 1. The Morgan fingerprint density at radius 1 is 1.29 bits per heavy atom. The Bertz CT molecular complexity index is 423. The quantitative estimate of drug-likeness (QED) is 0.759. The van der Waals surface area contributed by atoms with Crippen LogP contribution in [0.25, 0.3) is 0 Å². The standard InChI is InChI=1S/C17H30N2O2/c1-7-18-16(11-19(4)14(3)12-20-5)15-10-13(2)8-9-17(15)21-6/h8-10,14,16,18H,7,11-12H2,1-6H3. The number of hydrogen-bond acceptors (Lipinski definition) is 4. The number of hydrogen-bond donors (Lipinski definition) is 1. The summed E-state index contributed by atoms with van der Waals surface area (Å²) in [5, 5.41) is 3.57. The van der Waals surface area contributed by atoms with Crippen molar-refractivity contribution in [3.05, 3.63) is 29.3 Å². The molecule has 4 nitrogen and oxygen atoms in total. The van der Waals surface area contributed by atoms with E-state index in [0.717, 1.165) is 25.4 Å². The van der Waals surface area contributed by atoms with Gasteiger partial charge < -0.3 is 14.8 Å². The van der Waals surface area contributed by atoms with Crippen LogP contribution >= 0.6 is 0 Å². The van der Waals surface area contributed by atoms with Gasteiger partial charge in [-0.2, -0.15) is 0 Å². The number of rotatable bonds is 9. The molecule has 4 heteroatoms. The van der Waals surface area contributed by atoms with Gasteiger partial charge in [-0.3, -0.25) is 4.90 Å². The van der Waals surface area contributed by atoms with Crippen LogP contribution in [0.15, 0.2) is 18.2 Å². The molecule has 0 spiro atoms. The number of benzene rings is 1. The predicted octanol–water partition coefficient (Wildman–Crippen LogP) is 2.62. The third-order valence-electron chi connectivity index (χ3n) is 3.84. The molecule has 120 valence electrons. The molecule has 2 atom stereocenters. The average Bonchev–Trinajstić information content (AvgIpc) is 2.46. The molecule has 0 bridgehead atoms. The molecule has 0 radical (unpaired) electrons. The Morgan fingerprint density at radius 2 is 2.00 bits per heavy atom. The first kappa shape index (κ1) is 18.0. The largest absolute Gasteiger partial charge is 0.496 e. The lowest BCUT2D eigenvalue weighted by Gasteiger charge is -2.30. The smallest absolute Gasteiger partial charge is 0.123 e. The molecule has 1 aromatic carbocycles. The number of nitrogens with one attached hydrogen (secondary N) is 1. The summed E-state index contributed by atoms with van der Waals surface area (Å²) >= 11 is 0. The van der Waals surface area contributed by atoms with Crippen LogP contribution in [0, 0.1) is 6.92 Å². The second-order valence-electron chi connectivity index (χ2n) is 5.60. The third-order valence-corrected chi connectivity index (χ3v) is 3.84. The monoisotopic (exact) mass is 294 g/mol. The maximum atomic E-state index is 5.53. The van der Waals surface area contributed by atoms with Gasteiger partial charge >= 0.3 is 0 Å². The van der Waals surface area contributed by atoms with Crippen molar-refractivity contribution in [2.45, 2.75) is 32.9 Å². The van der Waals surface area contributed by atoms with Gasteiger partial charge in [0.15, 0.2) is 0 Å². The molecule has 1 N–H and O–H groups in total. The molecule has 0 amide bonds. The van der Waals surface area contributed by atoms with E-state index in [9.17, 15) is 0 Å². The molecule has 2 unspecified atom stereocenters. The van der Waals surface area contributed by atoms with Gasteiger partial charge in [-0.1, -0.05) is 24.6 Å². The van der Waals surface area contributed by atoms with E-state index in [2.05, 4.69) is 50.2 Å². The van der Waals surface area contributed by atoms with Crippen LogP contribution in [0.3, 0.4) is 0 Å². The third kappa shape index (κ3) is 5.30. The van der Waals surface area contributed by atoms with Crippen molar-refractivity contribution in [3.8, 4) is 5.75 Å². The summed E-state index contributed by atoms with van der Waals surface area (Å²) in [6, 6.07) is 6.97. The minimum absolute atomic E-state index is 0.245. The fraction of sp³-hybridized carbons (Fsp3) is 0.647. The van der Waals surface area contributed by atoms with Crippen LogP contribution in [-0.4, -0.2) is 51.9 Å². The summed E-state index contributed by atoms with van der Waals surface area (Å²) in [5.41, 5.74) is 2.47. The van der Waals surface area contributed by atoms with Crippen LogP contribution in [0.4, 0.5) is 0 Å². The Labute approximate surface area is 129 Å². The lowest BCUT2D eigenvalue weighted by Crippen LogP contribution is -2.39. The van der Waals surface area contributed by atoms with Gasteiger partial charge in [0.25, 0.3) is 0 Å². The van der Waals surface area contributed by atoms with E-state index in [1.54, 1.807) is 14.2 Å². The average molecular weight is 294 g/mol. The fourth-order valence-electron chi connectivity index (χ4n) is 2.48. The molecule has 1 rings (SSSR count). The van der Waals surface area contributed by atoms with E-state index in [1.807, 2.05) is 6.07 Å². The van der Waals surface area contributed by atoms with Gasteiger partial charge in [0, 0.05) is 31.3 Å². The number of nitrogens with zero attached hydrogens (tertiary/aromatic N) is 1. The number of ether oxygens (including phenoxy) is 2. The zero-order valence-corrected chi connectivity index (χ0v) is 14.3. The van der Waals surface area contributed by atoms with Gasteiger partial charge in [0.1, 0.15) is 5.75 Å². The van der Waals surface area contributed by atoms with E-state index in [1.165, 1.54) is 11.1 Å². The molecule has 0 heterocycles. The molecule has 0 saturated carbocycles. The highest BCUT2D eigenvalue weighted by molar-refractivity contribution is 5.39. The second-order valence-corrected chi connectivity index (χ2v) is 5.60. The number of methoxy groups -OCH3 is 2. The predicted molar refractivity (Wildman–Crippen MR) is 88.1 cm³/mol. The van der Waals surface area contributed by atoms with E-state index in [0.29, 0.717) is 6.04 Å². The zero-order valence-electron chi connectivity index (χ0n) is 14.3. The van der Waals surface area contributed by atoms with Gasteiger partial charge in [-0.25, -0.2) is 0 Å². The molecular weight excluding hydrogens is 264 g/mol. The molecule has 0 aliphatic heterocycles. The number of likely N-dealkylation sites (N-methyl/N-ethyl adjacent to an activating group) is 2. The summed E-state index contributed by atoms with van der Waals surface area (Å²) in [6.07, 6.45) is 0. The van der Waals surface area contributed by atoms with Crippen LogP contribution in [0.1, 0.15) is 31.0 Å². The maximum Gasteiger partial charge on any atom is 0.123 e. The normalized spacial score (nSPS) is 14.2. The molecule has 0 saturated heterocycles. The van der Waals surface area contributed by atoms with E-state index in [4.69, 9.17) is 9.47 Å². The zero-order chi connectivity index (χ0) is 15.8. The second kappa shape index (κ2) is 9.03. The highest BCUT2D eigenvalue weighted by Crippen LogP contribution is 2.27. The Kier molecular flexibility index (Phi) is 7.72. The molecule has 1 aromatic rings. The first-order valence-electron chi connectivity index (χ1n) is 7.60. The SMILES string of the molecule is CCNC(CN(C)C(C)COC)c1cc(C)ccc1OC. The first-order chi connectivity index (χ1) is 10.0. The summed E-state index contributed by atoms with van der Waals surface area (Å²) in [7, 11) is 5.61. The highest BCUT2D eigenvalue weighted by Gasteiger charge is 2.19. The Balaban J connectivity index is 2.93. The van der Waals surface area contributed by atoms with Crippen LogP contribution in [-0.2, 0) is 4.74 Å². The summed E-state index contributed by atoms with van der Waals surface area (Å²) < 4.78 is 10.8. The van der Waals surface area contributed by atoms with Crippen molar-refractivity contribution in [2.24, 2.45) is 0 Å². The van der Waals surface area contributed by atoms with Crippen LogP contribution < -0.4 is 10.1 Å². The van der Waals surface area contributed by atoms with Crippen molar-refractivity contribution in [2.75, 3.05) is 41.0 Å². The van der Waals surface area contributed by atoms with Gasteiger partial charge in [-0.15, -0.1) is 0 Å². The lowest BCUT2D eigenvalue weighted by atomic mass is 10.0. The summed E-state index contributed by atoms with van der Waals surface area (Å²) in [5.74, 6) is 0.944.